The molecule has 1 aromatic heterocycles. The van der Waals surface area contributed by atoms with Gasteiger partial charge in [-0.05, 0) is 31.9 Å². The minimum atomic E-state index is 0.162. The SMILES string of the molecule is Cc1[nH]cnc1C1C(N)CCCN1Cc1ccccc1. The molecule has 1 aliphatic rings. The summed E-state index contributed by atoms with van der Waals surface area (Å²) in [6, 6.07) is 11.0. The quantitative estimate of drug-likeness (QED) is 0.900. The van der Waals surface area contributed by atoms with Gasteiger partial charge in [0.1, 0.15) is 0 Å². The molecule has 0 saturated carbocycles. The van der Waals surface area contributed by atoms with Gasteiger partial charge in [0.05, 0.1) is 18.1 Å². The van der Waals surface area contributed by atoms with E-state index in [2.05, 4.69) is 52.1 Å². The highest BCUT2D eigenvalue weighted by molar-refractivity contribution is 5.19. The molecule has 1 saturated heterocycles. The fourth-order valence-corrected chi connectivity index (χ4v) is 3.14. The normalized spacial score (nSPS) is 23.9. The maximum Gasteiger partial charge on any atom is 0.0925 e. The molecule has 1 aromatic carbocycles. The first-order valence-corrected chi connectivity index (χ1v) is 7.29. The highest BCUT2D eigenvalue weighted by atomic mass is 15.2. The maximum atomic E-state index is 6.39. The van der Waals surface area contributed by atoms with Crippen molar-refractivity contribution in [1.29, 1.82) is 0 Å². The van der Waals surface area contributed by atoms with Gasteiger partial charge in [-0.2, -0.15) is 0 Å². The Morgan fingerprint density at radius 2 is 2.15 bits per heavy atom. The van der Waals surface area contributed by atoms with Gasteiger partial charge in [-0.3, -0.25) is 4.90 Å². The van der Waals surface area contributed by atoms with Crippen molar-refractivity contribution in [2.75, 3.05) is 6.54 Å². The van der Waals surface area contributed by atoms with E-state index < -0.39 is 0 Å². The first-order chi connectivity index (χ1) is 9.75. The van der Waals surface area contributed by atoms with Crippen molar-refractivity contribution in [1.82, 2.24) is 14.9 Å². The zero-order valence-corrected chi connectivity index (χ0v) is 11.9. The summed E-state index contributed by atoms with van der Waals surface area (Å²) in [6.45, 7) is 4.09. The van der Waals surface area contributed by atoms with Crippen LogP contribution in [0, 0.1) is 6.92 Å². The molecule has 20 heavy (non-hydrogen) atoms. The predicted molar refractivity (Wildman–Crippen MR) is 80.1 cm³/mol. The first kappa shape index (κ1) is 13.3. The molecular formula is C16H22N4. The maximum absolute atomic E-state index is 6.39. The van der Waals surface area contributed by atoms with Crippen LogP contribution in [0.4, 0.5) is 0 Å². The third-order valence-corrected chi connectivity index (χ3v) is 4.16. The third-order valence-electron chi connectivity index (χ3n) is 4.16. The summed E-state index contributed by atoms with van der Waals surface area (Å²) in [4.78, 5) is 10.1. The van der Waals surface area contributed by atoms with E-state index in [4.69, 9.17) is 5.73 Å². The second kappa shape index (κ2) is 5.77. The lowest BCUT2D eigenvalue weighted by molar-refractivity contribution is 0.117. The van der Waals surface area contributed by atoms with Crippen LogP contribution in [0.25, 0.3) is 0 Å². The topological polar surface area (TPSA) is 57.9 Å². The van der Waals surface area contributed by atoms with Gasteiger partial charge in [-0.1, -0.05) is 30.3 Å². The number of hydrogen-bond donors (Lipinski definition) is 2. The molecule has 3 N–H and O–H groups in total. The monoisotopic (exact) mass is 270 g/mol. The molecule has 2 atom stereocenters. The molecule has 4 nitrogen and oxygen atoms in total. The fraction of sp³-hybridized carbons (Fsp3) is 0.438. The number of nitrogens with two attached hydrogens (primary N) is 1. The third kappa shape index (κ3) is 2.62. The molecule has 2 heterocycles. The number of aromatic amines is 1. The van der Waals surface area contributed by atoms with Gasteiger partial charge in [0.15, 0.2) is 0 Å². The molecule has 0 aliphatic carbocycles. The van der Waals surface area contributed by atoms with Crippen LogP contribution in [0.15, 0.2) is 36.7 Å². The minimum Gasteiger partial charge on any atom is -0.348 e. The second-order valence-corrected chi connectivity index (χ2v) is 5.62. The van der Waals surface area contributed by atoms with E-state index in [0.29, 0.717) is 0 Å². The summed E-state index contributed by atoms with van der Waals surface area (Å²) < 4.78 is 0. The second-order valence-electron chi connectivity index (χ2n) is 5.62. The number of piperidine rings is 1. The average Bonchev–Trinajstić information content (AvgIpc) is 2.86. The molecule has 0 radical (unpaired) electrons. The zero-order valence-electron chi connectivity index (χ0n) is 11.9. The Morgan fingerprint density at radius 1 is 1.35 bits per heavy atom. The Morgan fingerprint density at radius 3 is 2.85 bits per heavy atom. The Labute approximate surface area is 120 Å². The van der Waals surface area contributed by atoms with Crippen LogP contribution >= 0.6 is 0 Å². The number of nitrogens with zero attached hydrogens (tertiary/aromatic N) is 2. The van der Waals surface area contributed by atoms with Gasteiger partial charge in [0.2, 0.25) is 0 Å². The fourth-order valence-electron chi connectivity index (χ4n) is 3.14. The number of nitrogens with one attached hydrogen (secondary N) is 1. The highest BCUT2D eigenvalue weighted by Gasteiger charge is 2.32. The number of H-pyrrole nitrogens is 1. The van der Waals surface area contributed by atoms with Crippen molar-refractivity contribution in [3.05, 3.63) is 53.6 Å². The van der Waals surface area contributed by atoms with Crippen LogP contribution < -0.4 is 5.73 Å². The summed E-state index contributed by atoms with van der Waals surface area (Å²) in [6.07, 6.45) is 4.00. The van der Waals surface area contributed by atoms with E-state index >= 15 is 0 Å². The molecule has 106 valence electrons. The van der Waals surface area contributed by atoms with Crippen molar-refractivity contribution in [3.8, 4) is 0 Å². The van der Waals surface area contributed by atoms with Crippen molar-refractivity contribution in [3.63, 3.8) is 0 Å². The largest absolute Gasteiger partial charge is 0.348 e. The molecule has 2 unspecified atom stereocenters. The molecule has 0 amide bonds. The van der Waals surface area contributed by atoms with Gasteiger partial charge in [0, 0.05) is 18.3 Å². The number of rotatable bonds is 3. The Hall–Kier alpha value is -1.65. The van der Waals surface area contributed by atoms with E-state index in [1.54, 1.807) is 6.33 Å². The average molecular weight is 270 g/mol. The molecule has 0 spiro atoms. The lowest BCUT2D eigenvalue weighted by atomic mass is 9.93. The lowest BCUT2D eigenvalue weighted by Gasteiger charge is -2.39. The van der Waals surface area contributed by atoms with Crippen molar-refractivity contribution in [2.24, 2.45) is 5.73 Å². The van der Waals surface area contributed by atoms with Crippen molar-refractivity contribution < 1.29 is 0 Å². The Kier molecular flexibility index (Phi) is 3.85. The summed E-state index contributed by atoms with van der Waals surface area (Å²) >= 11 is 0. The van der Waals surface area contributed by atoms with Crippen LogP contribution in [-0.2, 0) is 6.54 Å². The van der Waals surface area contributed by atoms with Crippen LogP contribution in [-0.4, -0.2) is 27.5 Å². The molecule has 4 heteroatoms. The van der Waals surface area contributed by atoms with Gasteiger partial charge < -0.3 is 10.7 Å². The zero-order chi connectivity index (χ0) is 13.9. The molecule has 1 fully saturated rings. The van der Waals surface area contributed by atoms with E-state index in [1.165, 1.54) is 5.56 Å². The molecular weight excluding hydrogens is 248 g/mol. The molecule has 1 aliphatic heterocycles. The summed E-state index contributed by atoms with van der Waals surface area (Å²) in [7, 11) is 0. The molecule has 2 aromatic rings. The smallest absolute Gasteiger partial charge is 0.0925 e. The standard InChI is InChI=1S/C16H22N4/c1-12-15(19-11-18-12)16-14(17)8-5-9-20(16)10-13-6-3-2-4-7-13/h2-4,6-7,11,14,16H,5,8-10,17H2,1H3,(H,18,19). The number of benzene rings is 1. The minimum absolute atomic E-state index is 0.162. The van der Waals surface area contributed by atoms with Crippen LogP contribution in [0.5, 0.6) is 0 Å². The van der Waals surface area contributed by atoms with Gasteiger partial charge in [0.25, 0.3) is 0 Å². The van der Waals surface area contributed by atoms with Crippen LogP contribution in [0.2, 0.25) is 0 Å². The molecule has 3 rings (SSSR count). The highest BCUT2D eigenvalue weighted by Crippen LogP contribution is 2.31. The van der Waals surface area contributed by atoms with Gasteiger partial charge in [-0.25, -0.2) is 4.98 Å². The Bertz CT molecular complexity index is 549. The van der Waals surface area contributed by atoms with E-state index in [0.717, 1.165) is 37.3 Å². The van der Waals surface area contributed by atoms with Crippen molar-refractivity contribution in [2.45, 2.75) is 38.4 Å². The van der Waals surface area contributed by atoms with E-state index in [-0.39, 0.29) is 12.1 Å². The van der Waals surface area contributed by atoms with Crippen LogP contribution in [0.3, 0.4) is 0 Å². The number of hydrogen-bond acceptors (Lipinski definition) is 3. The van der Waals surface area contributed by atoms with E-state index in [9.17, 15) is 0 Å². The van der Waals surface area contributed by atoms with Crippen LogP contribution in [0.1, 0.15) is 35.8 Å². The van der Waals surface area contributed by atoms with Gasteiger partial charge in [-0.15, -0.1) is 0 Å². The predicted octanol–water partition coefficient (Wildman–Crippen LogP) is 2.38. The molecule has 0 bridgehead atoms. The Balaban J connectivity index is 1.85. The van der Waals surface area contributed by atoms with E-state index in [1.807, 2.05) is 0 Å². The summed E-state index contributed by atoms with van der Waals surface area (Å²) in [5.74, 6) is 0. The first-order valence-electron chi connectivity index (χ1n) is 7.29. The number of imidazole rings is 1. The number of aryl methyl sites for hydroxylation is 1. The van der Waals surface area contributed by atoms with Gasteiger partial charge >= 0.3 is 0 Å². The number of likely N-dealkylation sites (tertiary alicyclic amines) is 1. The lowest BCUT2D eigenvalue weighted by Crippen LogP contribution is -2.45. The van der Waals surface area contributed by atoms with Crippen molar-refractivity contribution >= 4 is 0 Å². The number of aromatic nitrogens is 2. The summed E-state index contributed by atoms with van der Waals surface area (Å²) in [5.41, 5.74) is 9.96. The summed E-state index contributed by atoms with van der Waals surface area (Å²) in [5, 5.41) is 0.